The Kier molecular flexibility index (Phi) is 2.86. The molecule has 0 saturated carbocycles. The Balaban J connectivity index is 2.77. The Morgan fingerprint density at radius 1 is 1.54 bits per heavy atom. The lowest BCUT2D eigenvalue weighted by Crippen LogP contribution is -2.16. The third-order valence-electron chi connectivity index (χ3n) is 1.41. The molecule has 0 amide bonds. The average molecular weight is 195 g/mol. The molecule has 0 unspecified atom stereocenters. The summed E-state index contributed by atoms with van der Waals surface area (Å²) in [6, 6.07) is 0. The van der Waals surface area contributed by atoms with Crippen LogP contribution >= 0.6 is 0 Å². The van der Waals surface area contributed by atoms with Gasteiger partial charge in [0.2, 0.25) is 5.82 Å². The van der Waals surface area contributed by atoms with E-state index < -0.39 is 12.0 Å². The summed E-state index contributed by atoms with van der Waals surface area (Å²) in [4.78, 5) is 0. The van der Waals surface area contributed by atoms with E-state index in [9.17, 15) is 13.2 Å². The fourth-order valence-electron chi connectivity index (χ4n) is 0.828. The Morgan fingerprint density at radius 2 is 2.23 bits per heavy atom. The van der Waals surface area contributed by atoms with Crippen LogP contribution in [0.2, 0.25) is 0 Å². The monoisotopic (exact) mass is 195 g/mol. The van der Waals surface area contributed by atoms with Gasteiger partial charge in [0, 0.05) is 13.7 Å². The molecule has 0 aliphatic rings. The van der Waals surface area contributed by atoms with Gasteiger partial charge in [-0.2, -0.15) is 13.2 Å². The second-order valence-corrected chi connectivity index (χ2v) is 2.34. The van der Waals surface area contributed by atoms with Crippen LogP contribution in [0.1, 0.15) is 5.82 Å². The molecule has 0 aromatic carbocycles. The van der Waals surface area contributed by atoms with E-state index in [4.69, 9.17) is 0 Å². The predicted octanol–water partition coefficient (Wildman–Crippen LogP) is 0.943. The van der Waals surface area contributed by atoms with Crippen LogP contribution in [0.5, 0.6) is 0 Å². The molecule has 0 spiro atoms. The summed E-state index contributed by atoms with van der Waals surface area (Å²) < 4.78 is 42.0. The van der Waals surface area contributed by atoms with E-state index >= 15 is 0 Å². The van der Waals surface area contributed by atoms with Crippen molar-refractivity contribution >= 4 is 0 Å². The zero-order valence-corrected chi connectivity index (χ0v) is 6.88. The zero-order valence-electron chi connectivity index (χ0n) is 6.88. The first-order valence-corrected chi connectivity index (χ1v) is 3.49. The highest BCUT2D eigenvalue weighted by Crippen LogP contribution is 2.26. The summed E-state index contributed by atoms with van der Waals surface area (Å²) in [6.45, 7) is 0.291. The molecule has 0 saturated heterocycles. The molecule has 0 aliphatic carbocycles. The molecule has 0 atom stereocenters. The van der Waals surface area contributed by atoms with E-state index in [-0.39, 0.29) is 13.2 Å². The molecule has 0 bridgehead atoms. The minimum absolute atomic E-state index is 0.0956. The molecule has 7 heteroatoms. The molecule has 0 fully saturated rings. The summed E-state index contributed by atoms with van der Waals surface area (Å²) in [5.41, 5.74) is 0. The van der Waals surface area contributed by atoms with Crippen molar-refractivity contribution in [3.63, 3.8) is 0 Å². The van der Waals surface area contributed by atoms with Crippen LogP contribution in [-0.2, 0) is 17.5 Å². The molecule has 0 radical (unpaired) electrons. The van der Waals surface area contributed by atoms with Crippen molar-refractivity contribution in [3.8, 4) is 0 Å². The first-order valence-electron chi connectivity index (χ1n) is 3.49. The molecule has 0 N–H and O–H groups in total. The molecule has 13 heavy (non-hydrogen) atoms. The van der Waals surface area contributed by atoms with Crippen molar-refractivity contribution < 1.29 is 17.9 Å². The molecule has 1 rings (SSSR count). The first kappa shape index (κ1) is 9.97. The molecule has 1 aromatic rings. The first-order chi connectivity index (χ1) is 6.05. The molecule has 1 heterocycles. The van der Waals surface area contributed by atoms with Gasteiger partial charge in [-0.15, -0.1) is 10.2 Å². The molecular formula is C6H8F3N3O. The Hall–Kier alpha value is -1.11. The fourth-order valence-corrected chi connectivity index (χ4v) is 0.828. The number of methoxy groups -OCH3 is 1. The Labute approximate surface area is 72.3 Å². The lowest BCUT2D eigenvalue weighted by Gasteiger charge is -2.07. The minimum Gasteiger partial charge on any atom is -0.383 e. The van der Waals surface area contributed by atoms with E-state index in [0.717, 1.165) is 10.9 Å². The lowest BCUT2D eigenvalue weighted by atomic mass is 10.5. The van der Waals surface area contributed by atoms with Crippen LogP contribution in [-0.4, -0.2) is 28.5 Å². The van der Waals surface area contributed by atoms with Crippen LogP contribution in [0, 0.1) is 0 Å². The summed E-state index contributed by atoms with van der Waals surface area (Å²) in [5, 5.41) is 6.15. The van der Waals surface area contributed by atoms with Crippen molar-refractivity contribution in [1.82, 2.24) is 14.8 Å². The van der Waals surface area contributed by atoms with Crippen molar-refractivity contribution in [3.05, 3.63) is 12.2 Å². The molecular weight excluding hydrogens is 187 g/mol. The van der Waals surface area contributed by atoms with Gasteiger partial charge in [0.1, 0.15) is 6.33 Å². The van der Waals surface area contributed by atoms with E-state index in [1.54, 1.807) is 0 Å². The molecule has 1 aromatic heterocycles. The largest absolute Gasteiger partial charge is 0.451 e. The zero-order chi connectivity index (χ0) is 9.90. The number of halogens is 3. The van der Waals surface area contributed by atoms with Gasteiger partial charge in [-0.1, -0.05) is 0 Å². The SMILES string of the molecule is COCCn1cnnc1C(F)(F)F. The third kappa shape index (κ3) is 2.41. The highest BCUT2D eigenvalue weighted by molar-refractivity contribution is 4.90. The Bertz CT molecular complexity index is 270. The molecule has 0 aliphatic heterocycles. The van der Waals surface area contributed by atoms with Crippen molar-refractivity contribution in [2.45, 2.75) is 12.7 Å². The van der Waals surface area contributed by atoms with Gasteiger partial charge in [0.05, 0.1) is 6.61 Å². The van der Waals surface area contributed by atoms with E-state index in [1.807, 2.05) is 0 Å². The summed E-state index contributed by atoms with van der Waals surface area (Å²) in [7, 11) is 1.41. The van der Waals surface area contributed by atoms with Crippen LogP contribution < -0.4 is 0 Å². The molecule has 4 nitrogen and oxygen atoms in total. The number of nitrogens with zero attached hydrogens (tertiary/aromatic N) is 3. The van der Waals surface area contributed by atoms with Crippen LogP contribution in [0.15, 0.2) is 6.33 Å². The maximum Gasteiger partial charge on any atom is 0.451 e. The second-order valence-electron chi connectivity index (χ2n) is 2.34. The lowest BCUT2D eigenvalue weighted by molar-refractivity contribution is -0.147. The van der Waals surface area contributed by atoms with Gasteiger partial charge in [0.15, 0.2) is 0 Å². The van der Waals surface area contributed by atoms with Crippen molar-refractivity contribution in [2.24, 2.45) is 0 Å². The normalized spacial score (nSPS) is 12.0. The maximum atomic E-state index is 12.1. The number of rotatable bonds is 3. The van der Waals surface area contributed by atoms with Gasteiger partial charge in [-0.3, -0.25) is 0 Å². The standard InChI is InChI=1S/C6H8F3N3O/c1-13-3-2-12-4-10-11-5(12)6(7,8)9/h4H,2-3H2,1H3. The summed E-state index contributed by atoms with van der Waals surface area (Å²) in [5.74, 6) is -0.996. The van der Waals surface area contributed by atoms with Gasteiger partial charge < -0.3 is 9.30 Å². The van der Waals surface area contributed by atoms with Crippen LogP contribution in [0.25, 0.3) is 0 Å². The number of hydrogen-bond donors (Lipinski definition) is 0. The topological polar surface area (TPSA) is 39.9 Å². The van der Waals surface area contributed by atoms with Gasteiger partial charge in [-0.05, 0) is 0 Å². The highest BCUT2D eigenvalue weighted by atomic mass is 19.4. The smallest absolute Gasteiger partial charge is 0.383 e. The van der Waals surface area contributed by atoms with Gasteiger partial charge >= 0.3 is 6.18 Å². The fraction of sp³-hybridized carbons (Fsp3) is 0.667. The third-order valence-corrected chi connectivity index (χ3v) is 1.41. The minimum atomic E-state index is -4.45. The van der Waals surface area contributed by atoms with Crippen molar-refractivity contribution in [1.29, 1.82) is 0 Å². The van der Waals surface area contributed by atoms with Crippen molar-refractivity contribution in [2.75, 3.05) is 13.7 Å². The van der Waals surface area contributed by atoms with Crippen LogP contribution in [0.4, 0.5) is 13.2 Å². The average Bonchev–Trinajstić information content (AvgIpc) is 2.47. The predicted molar refractivity (Wildman–Crippen MR) is 36.9 cm³/mol. The van der Waals surface area contributed by atoms with Gasteiger partial charge in [0.25, 0.3) is 0 Å². The van der Waals surface area contributed by atoms with Crippen LogP contribution in [0.3, 0.4) is 0 Å². The summed E-state index contributed by atoms with van der Waals surface area (Å²) in [6.07, 6.45) is -3.42. The number of hydrogen-bond acceptors (Lipinski definition) is 3. The quantitative estimate of drug-likeness (QED) is 0.720. The number of aromatic nitrogens is 3. The summed E-state index contributed by atoms with van der Waals surface area (Å²) >= 11 is 0. The van der Waals surface area contributed by atoms with E-state index in [2.05, 4.69) is 14.9 Å². The molecule has 74 valence electrons. The highest BCUT2D eigenvalue weighted by Gasteiger charge is 2.36. The number of alkyl halides is 3. The van der Waals surface area contributed by atoms with E-state index in [1.165, 1.54) is 7.11 Å². The van der Waals surface area contributed by atoms with Gasteiger partial charge in [-0.25, -0.2) is 0 Å². The van der Waals surface area contributed by atoms with E-state index in [0.29, 0.717) is 0 Å². The number of ether oxygens (including phenoxy) is 1. The second kappa shape index (κ2) is 3.73. The Morgan fingerprint density at radius 3 is 2.77 bits per heavy atom. The maximum absolute atomic E-state index is 12.1.